The minimum absolute atomic E-state index is 0.236. The van der Waals surface area contributed by atoms with E-state index in [1.54, 1.807) is 6.54 Å². The first-order valence-electron chi connectivity index (χ1n) is 3.64. The molecule has 0 saturated heterocycles. The normalized spacial score (nSPS) is 11.5. The van der Waals surface area contributed by atoms with Crippen LogP contribution in [0.1, 0.15) is 13.8 Å². The number of alkyl halides is 3. The summed E-state index contributed by atoms with van der Waals surface area (Å²) >= 11 is 16.1. The Hall–Kier alpha value is 0.140. The summed E-state index contributed by atoms with van der Waals surface area (Å²) in [5, 5.41) is 2.39. The minimum atomic E-state index is -1.56. The molecule has 0 atom stereocenters. The second kappa shape index (κ2) is 5.78. The summed E-state index contributed by atoms with van der Waals surface area (Å²) in [6, 6.07) is 0. The predicted octanol–water partition coefficient (Wildman–Crippen LogP) is 2.90. The Labute approximate surface area is 92.7 Å². The van der Waals surface area contributed by atoms with Crippen molar-refractivity contribution in [1.82, 2.24) is 5.32 Å². The first-order valence-corrected chi connectivity index (χ1v) is 4.78. The summed E-state index contributed by atoms with van der Waals surface area (Å²) in [6.07, 6.45) is -0.625. The molecule has 1 N–H and O–H groups in total. The van der Waals surface area contributed by atoms with Gasteiger partial charge in [0.05, 0.1) is 6.54 Å². The standard InChI is InChI=1S/C7H11Cl3NO2/c1-5(2)3-11-6(12)13-4-7(8,9)10/h3,5H,4H2,1-2H3,(H,11,12). The molecule has 0 aromatic carbocycles. The van der Waals surface area contributed by atoms with Gasteiger partial charge in [0.2, 0.25) is 3.79 Å². The Bertz CT molecular complexity index is 168. The van der Waals surface area contributed by atoms with Crippen LogP contribution in [0.15, 0.2) is 0 Å². The van der Waals surface area contributed by atoms with Gasteiger partial charge in [0.25, 0.3) is 0 Å². The third-order valence-electron chi connectivity index (χ3n) is 0.901. The number of ether oxygens (including phenoxy) is 1. The molecule has 0 rings (SSSR count). The molecule has 1 radical (unpaired) electrons. The molecular weight excluding hydrogens is 236 g/mol. The Morgan fingerprint density at radius 1 is 1.54 bits per heavy atom. The molecule has 77 valence electrons. The van der Waals surface area contributed by atoms with Crippen molar-refractivity contribution in [3.63, 3.8) is 0 Å². The van der Waals surface area contributed by atoms with Crippen molar-refractivity contribution < 1.29 is 9.53 Å². The molecular formula is C7H11Cl3NO2. The van der Waals surface area contributed by atoms with Gasteiger partial charge in [-0.25, -0.2) is 4.79 Å². The lowest BCUT2D eigenvalue weighted by atomic mass is 10.2. The van der Waals surface area contributed by atoms with Crippen LogP contribution in [0.5, 0.6) is 0 Å². The van der Waals surface area contributed by atoms with Crippen LogP contribution in [0.4, 0.5) is 4.79 Å². The molecule has 13 heavy (non-hydrogen) atoms. The van der Waals surface area contributed by atoms with Gasteiger partial charge in [-0.1, -0.05) is 48.7 Å². The number of hydrogen-bond donors (Lipinski definition) is 1. The second-order valence-electron chi connectivity index (χ2n) is 2.75. The molecule has 0 aliphatic carbocycles. The van der Waals surface area contributed by atoms with Crippen molar-refractivity contribution in [3.05, 3.63) is 6.54 Å². The maximum atomic E-state index is 10.9. The molecule has 0 aliphatic rings. The highest BCUT2D eigenvalue weighted by Crippen LogP contribution is 2.25. The maximum absolute atomic E-state index is 10.9. The SMILES string of the molecule is CC(C)[CH]NC(=O)OCC(Cl)(Cl)Cl. The van der Waals surface area contributed by atoms with E-state index < -0.39 is 9.89 Å². The Morgan fingerprint density at radius 2 is 2.08 bits per heavy atom. The third kappa shape index (κ3) is 10.1. The third-order valence-corrected chi connectivity index (χ3v) is 1.23. The summed E-state index contributed by atoms with van der Waals surface area (Å²) in [5.74, 6) is 0.236. The number of nitrogens with one attached hydrogen (secondary N) is 1. The fraction of sp³-hybridized carbons (Fsp3) is 0.714. The molecule has 6 heteroatoms. The highest BCUT2D eigenvalue weighted by atomic mass is 35.6. The van der Waals surface area contributed by atoms with Crippen molar-refractivity contribution in [3.8, 4) is 0 Å². The first-order chi connectivity index (χ1) is 5.81. The molecule has 0 aromatic rings. The highest BCUT2D eigenvalue weighted by Gasteiger charge is 2.21. The van der Waals surface area contributed by atoms with Crippen molar-refractivity contribution in [1.29, 1.82) is 0 Å². The number of amides is 1. The monoisotopic (exact) mass is 246 g/mol. The number of halogens is 3. The quantitative estimate of drug-likeness (QED) is 0.779. The van der Waals surface area contributed by atoms with Gasteiger partial charge < -0.3 is 10.1 Å². The van der Waals surface area contributed by atoms with Gasteiger partial charge in [0, 0.05) is 0 Å². The molecule has 0 heterocycles. The second-order valence-corrected chi connectivity index (χ2v) is 5.26. The number of carbonyl (C=O) groups excluding carboxylic acids is 1. The maximum Gasteiger partial charge on any atom is 0.407 e. The van der Waals surface area contributed by atoms with Gasteiger partial charge in [-0.2, -0.15) is 0 Å². The van der Waals surface area contributed by atoms with Crippen LogP contribution in [-0.2, 0) is 4.74 Å². The largest absolute Gasteiger partial charge is 0.445 e. The smallest absolute Gasteiger partial charge is 0.407 e. The molecule has 0 aliphatic heterocycles. The molecule has 3 nitrogen and oxygen atoms in total. The van der Waals surface area contributed by atoms with Gasteiger partial charge in [-0.15, -0.1) is 0 Å². The van der Waals surface area contributed by atoms with Crippen LogP contribution in [-0.4, -0.2) is 16.5 Å². The van der Waals surface area contributed by atoms with Gasteiger partial charge in [0.1, 0.15) is 6.61 Å². The molecule has 0 bridgehead atoms. The summed E-state index contributed by atoms with van der Waals surface area (Å²) in [6.45, 7) is 5.14. The van der Waals surface area contributed by atoms with E-state index in [-0.39, 0.29) is 12.5 Å². The van der Waals surface area contributed by atoms with Crippen LogP contribution in [0.3, 0.4) is 0 Å². The highest BCUT2D eigenvalue weighted by molar-refractivity contribution is 6.67. The number of alkyl carbamates (subject to hydrolysis) is 1. The summed E-state index contributed by atoms with van der Waals surface area (Å²) in [5.41, 5.74) is 0. The van der Waals surface area contributed by atoms with E-state index in [0.717, 1.165) is 0 Å². The van der Waals surface area contributed by atoms with E-state index in [1.807, 2.05) is 13.8 Å². The lowest BCUT2D eigenvalue weighted by Crippen LogP contribution is -2.27. The van der Waals surface area contributed by atoms with E-state index in [0.29, 0.717) is 0 Å². The van der Waals surface area contributed by atoms with Crippen molar-refractivity contribution in [2.75, 3.05) is 6.61 Å². The molecule has 0 saturated carbocycles. The van der Waals surface area contributed by atoms with E-state index in [9.17, 15) is 4.79 Å². The van der Waals surface area contributed by atoms with Gasteiger partial charge in [-0.3, -0.25) is 0 Å². The molecule has 0 unspecified atom stereocenters. The van der Waals surface area contributed by atoms with E-state index in [1.165, 1.54) is 0 Å². The fourth-order valence-corrected chi connectivity index (χ4v) is 0.587. The van der Waals surface area contributed by atoms with Crippen molar-refractivity contribution >= 4 is 40.9 Å². The Morgan fingerprint density at radius 3 is 2.46 bits per heavy atom. The Kier molecular flexibility index (Phi) is 5.85. The molecule has 0 aromatic heterocycles. The Balaban J connectivity index is 3.53. The number of hydrogen-bond acceptors (Lipinski definition) is 2. The molecule has 0 fully saturated rings. The average Bonchev–Trinajstić information content (AvgIpc) is 1.95. The average molecular weight is 248 g/mol. The van der Waals surface area contributed by atoms with E-state index in [4.69, 9.17) is 34.8 Å². The zero-order chi connectivity index (χ0) is 10.5. The number of rotatable bonds is 3. The summed E-state index contributed by atoms with van der Waals surface area (Å²) < 4.78 is 3.02. The van der Waals surface area contributed by atoms with Crippen molar-refractivity contribution in [2.45, 2.75) is 17.6 Å². The van der Waals surface area contributed by atoms with Crippen LogP contribution < -0.4 is 5.32 Å². The van der Waals surface area contributed by atoms with E-state index >= 15 is 0 Å². The zero-order valence-electron chi connectivity index (χ0n) is 7.31. The lowest BCUT2D eigenvalue weighted by molar-refractivity contribution is 0.150. The molecule has 1 amide bonds. The van der Waals surface area contributed by atoms with Crippen LogP contribution in [0.25, 0.3) is 0 Å². The van der Waals surface area contributed by atoms with Gasteiger partial charge in [-0.05, 0) is 5.92 Å². The van der Waals surface area contributed by atoms with Crippen LogP contribution >= 0.6 is 34.8 Å². The predicted molar refractivity (Wildman–Crippen MR) is 53.9 cm³/mol. The zero-order valence-corrected chi connectivity index (χ0v) is 9.58. The topological polar surface area (TPSA) is 38.3 Å². The van der Waals surface area contributed by atoms with Crippen molar-refractivity contribution in [2.24, 2.45) is 5.92 Å². The van der Waals surface area contributed by atoms with Gasteiger partial charge >= 0.3 is 6.09 Å². The number of carbonyl (C=O) groups is 1. The summed E-state index contributed by atoms with van der Waals surface area (Å²) in [4.78, 5) is 10.9. The molecule has 0 spiro atoms. The van der Waals surface area contributed by atoms with Crippen LogP contribution in [0.2, 0.25) is 0 Å². The van der Waals surface area contributed by atoms with Gasteiger partial charge in [0.15, 0.2) is 0 Å². The summed E-state index contributed by atoms with van der Waals surface area (Å²) in [7, 11) is 0. The first kappa shape index (κ1) is 13.1. The minimum Gasteiger partial charge on any atom is -0.445 e. The van der Waals surface area contributed by atoms with E-state index in [2.05, 4.69) is 10.1 Å². The lowest BCUT2D eigenvalue weighted by Gasteiger charge is -2.12. The fourth-order valence-electron chi connectivity index (χ4n) is 0.424. The van der Waals surface area contributed by atoms with Crippen LogP contribution in [0, 0.1) is 12.5 Å².